The third kappa shape index (κ3) is 5.97. The molecule has 0 saturated heterocycles. The zero-order valence-corrected chi connectivity index (χ0v) is 22.4. The summed E-state index contributed by atoms with van der Waals surface area (Å²) >= 11 is 0. The first-order valence-electron chi connectivity index (χ1n) is 12.6. The zero-order valence-electron chi connectivity index (χ0n) is 22.4. The molecular formula is C29H26F2N6O4. The van der Waals surface area contributed by atoms with E-state index in [4.69, 9.17) is 9.47 Å². The summed E-state index contributed by atoms with van der Waals surface area (Å²) < 4.78 is 40.6. The van der Waals surface area contributed by atoms with E-state index < -0.39 is 28.5 Å². The van der Waals surface area contributed by atoms with Gasteiger partial charge in [0.05, 0.1) is 23.4 Å². The molecule has 0 fully saturated rings. The molecule has 10 nitrogen and oxygen atoms in total. The second kappa shape index (κ2) is 11.3. The number of hydrogen-bond donors (Lipinski definition) is 2. The van der Waals surface area contributed by atoms with Crippen LogP contribution in [0.25, 0.3) is 16.7 Å². The fourth-order valence-electron chi connectivity index (χ4n) is 4.34. The number of nitrogens with zero attached hydrogens (tertiary/aromatic N) is 4. The van der Waals surface area contributed by atoms with Gasteiger partial charge in [-0.3, -0.25) is 14.7 Å². The van der Waals surface area contributed by atoms with E-state index >= 15 is 4.39 Å². The zero-order chi connectivity index (χ0) is 29.1. The van der Waals surface area contributed by atoms with Gasteiger partial charge in [-0.15, -0.1) is 0 Å². The van der Waals surface area contributed by atoms with Crippen molar-refractivity contribution < 1.29 is 23.0 Å². The molecule has 3 aromatic heterocycles. The van der Waals surface area contributed by atoms with Gasteiger partial charge < -0.3 is 14.8 Å². The third-order valence-corrected chi connectivity index (χ3v) is 6.18. The van der Waals surface area contributed by atoms with E-state index in [9.17, 15) is 14.0 Å². The first-order chi connectivity index (χ1) is 19.6. The van der Waals surface area contributed by atoms with Crippen molar-refractivity contribution in [2.24, 2.45) is 0 Å². The lowest BCUT2D eigenvalue weighted by atomic mass is 10.0. The molecule has 0 unspecified atom stereocenters. The highest BCUT2D eigenvalue weighted by Crippen LogP contribution is 2.35. The van der Waals surface area contributed by atoms with Gasteiger partial charge in [0, 0.05) is 32.0 Å². The summed E-state index contributed by atoms with van der Waals surface area (Å²) in [6, 6.07) is 12.2. The molecule has 0 atom stereocenters. The van der Waals surface area contributed by atoms with Gasteiger partial charge in [0.2, 0.25) is 0 Å². The van der Waals surface area contributed by atoms with Gasteiger partial charge in [-0.05, 0) is 61.9 Å². The maximum Gasteiger partial charge on any atom is 0.282 e. The normalized spacial score (nSPS) is 11.5. The Morgan fingerprint density at radius 1 is 1.05 bits per heavy atom. The fourth-order valence-corrected chi connectivity index (χ4v) is 4.34. The number of anilines is 1. The SMILES string of the molecule is COCC(C)(C)Nc1n[nH]c2nccc(Oc3ccc(CC(=O)c4ccnn(-c5ccc(F)cc5)c4=O)cc3F)c12. The number of aromatic amines is 1. The minimum Gasteiger partial charge on any atom is -0.453 e. The van der Waals surface area contributed by atoms with Crippen molar-refractivity contribution in [2.75, 3.05) is 19.0 Å². The summed E-state index contributed by atoms with van der Waals surface area (Å²) in [6.07, 6.45) is 2.59. The number of halogens is 2. The Kier molecular flexibility index (Phi) is 7.58. The summed E-state index contributed by atoms with van der Waals surface area (Å²) in [5.74, 6) is -0.970. The molecule has 0 bridgehead atoms. The van der Waals surface area contributed by atoms with E-state index in [-0.39, 0.29) is 17.7 Å². The lowest BCUT2D eigenvalue weighted by Gasteiger charge is -2.25. The molecule has 0 aliphatic heterocycles. The van der Waals surface area contributed by atoms with Crippen LogP contribution >= 0.6 is 0 Å². The molecule has 5 rings (SSSR count). The number of aromatic nitrogens is 5. The predicted molar refractivity (Wildman–Crippen MR) is 148 cm³/mol. The average Bonchev–Trinajstić information content (AvgIpc) is 3.33. The van der Waals surface area contributed by atoms with Crippen molar-refractivity contribution in [3.63, 3.8) is 0 Å². The highest BCUT2D eigenvalue weighted by Gasteiger charge is 2.23. The summed E-state index contributed by atoms with van der Waals surface area (Å²) in [6.45, 7) is 4.29. The molecule has 0 saturated carbocycles. The highest BCUT2D eigenvalue weighted by atomic mass is 19.1. The maximum absolute atomic E-state index is 15.2. The number of Topliss-reactive ketones (excluding diaryl/α,β-unsaturated/α-hetero) is 1. The number of carbonyl (C=O) groups is 1. The van der Waals surface area contributed by atoms with Crippen molar-refractivity contribution in [1.82, 2.24) is 25.0 Å². The Morgan fingerprint density at radius 3 is 2.56 bits per heavy atom. The largest absolute Gasteiger partial charge is 0.453 e. The van der Waals surface area contributed by atoms with Crippen LogP contribution in [0.3, 0.4) is 0 Å². The molecule has 41 heavy (non-hydrogen) atoms. The Hall–Kier alpha value is -4.97. The molecular weight excluding hydrogens is 534 g/mol. The monoisotopic (exact) mass is 560 g/mol. The molecule has 2 N–H and O–H groups in total. The van der Waals surface area contributed by atoms with E-state index in [2.05, 4.69) is 25.6 Å². The first kappa shape index (κ1) is 27.6. The Bertz CT molecular complexity index is 1780. The second-order valence-corrected chi connectivity index (χ2v) is 9.95. The van der Waals surface area contributed by atoms with Crippen molar-refractivity contribution in [1.29, 1.82) is 0 Å². The van der Waals surface area contributed by atoms with Crippen LogP contribution in [0.1, 0.15) is 29.8 Å². The lowest BCUT2D eigenvalue weighted by molar-refractivity contribution is 0.0991. The number of benzene rings is 2. The van der Waals surface area contributed by atoms with Crippen LogP contribution in [0.15, 0.2) is 71.8 Å². The van der Waals surface area contributed by atoms with Crippen LogP contribution in [0, 0.1) is 11.6 Å². The van der Waals surface area contributed by atoms with E-state index in [1.807, 2.05) is 13.8 Å². The number of ether oxygens (including phenoxy) is 2. The van der Waals surface area contributed by atoms with Crippen LogP contribution < -0.4 is 15.6 Å². The molecule has 2 aromatic carbocycles. The number of methoxy groups -OCH3 is 1. The van der Waals surface area contributed by atoms with Crippen LogP contribution in [0.2, 0.25) is 0 Å². The molecule has 0 spiro atoms. The lowest BCUT2D eigenvalue weighted by Crippen LogP contribution is -2.36. The van der Waals surface area contributed by atoms with Gasteiger partial charge >= 0.3 is 0 Å². The average molecular weight is 561 g/mol. The van der Waals surface area contributed by atoms with Crippen LogP contribution in [0.4, 0.5) is 14.6 Å². The summed E-state index contributed by atoms with van der Waals surface area (Å²) in [5, 5.41) is 14.9. The second-order valence-electron chi connectivity index (χ2n) is 9.95. The molecule has 0 amide bonds. The van der Waals surface area contributed by atoms with Crippen LogP contribution in [-0.2, 0) is 11.2 Å². The summed E-state index contributed by atoms with van der Waals surface area (Å²) in [4.78, 5) is 30.2. The Morgan fingerprint density at radius 2 is 1.83 bits per heavy atom. The van der Waals surface area contributed by atoms with Crippen LogP contribution in [0.5, 0.6) is 11.5 Å². The molecule has 210 valence electrons. The number of hydrogen-bond acceptors (Lipinski definition) is 8. The quantitative estimate of drug-likeness (QED) is 0.233. The van der Waals surface area contributed by atoms with Crippen molar-refractivity contribution in [2.45, 2.75) is 25.8 Å². The molecule has 5 aromatic rings. The van der Waals surface area contributed by atoms with Gasteiger partial charge in [0.1, 0.15) is 17.0 Å². The minimum absolute atomic E-state index is 0.0698. The van der Waals surface area contributed by atoms with Crippen LogP contribution in [-0.4, -0.2) is 50.0 Å². The predicted octanol–water partition coefficient (Wildman–Crippen LogP) is 4.84. The third-order valence-electron chi connectivity index (χ3n) is 6.18. The number of carbonyl (C=O) groups excluding carboxylic acids is 1. The standard InChI is InChI=1S/C29H26F2N6O4/c1-29(2,16-40-3)34-27-25-24(11-12-32-26(25)35-36-27)41-23-9-4-17(14-21(23)31)15-22(38)20-10-13-33-37(28(20)39)19-7-5-18(30)6-8-19/h4-14H,15-16H2,1-3H3,(H2,32,34,35,36). The number of nitrogens with one attached hydrogen (secondary N) is 2. The number of rotatable bonds is 10. The summed E-state index contributed by atoms with van der Waals surface area (Å²) in [5.41, 5.74) is -0.145. The van der Waals surface area contributed by atoms with Crippen molar-refractivity contribution in [3.05, 3.63) is 100 Å². The maximum atomic E-state index is 15.2. The van der Waals surface area contributed by atoms with E-state index in [0.717, 1.165) is 4.68 Å². The number of pyridine rings is 1. The van der Waals surface area contributed by atoms with Gasteiger partial charge in [0.25, 0.3) is 5.56 Å². The summed E-state index contributed by atoms with van der Waals surface area (Å²) in [7, 11) is 1.60. The van der Waals surface area contributed by atoms with Gasteiger partial charge in [-0.1, -0.05) is 6.07 Å². The first-order valence-corrected chi connectivity index (χ1v) is 12.6. The van der Waals surface area contributed by atoms with Crippen molar-refractivity contribution in [3.8, 4) is 17.2 Å². The van der Waals surface area contributed by atoms with E-state index in [0.29, 0.717) is 40.5 Å². The molecule has 0 aliphatic carbocycles. The van der Waals surface area contributed by atoms with Gasteiger partial charge in [0.15, 0.2) is 28.8 Å². The van der Waals surface area contributed by atoms with E-state index in [1.165, 1.54) is 54.9 Å². The van der Waals surface area contributed by atoms with Gasteiger partial charge in [-0.2, -0.15) is 14.9 Å². The topological polar surface area (TPSA) is 124 Å². The minimum atomic E-state index is -0.698. The molecule has 0 aliphatic rings. The number of H-pyrrole nitrogens is 1. The van der Waals surface area contributed by atoms with Crippen molar-refractivity contribution >= 4 is 22.6 Å². The molecule has 0 radical (unpaired) electrons. The highest BCUT2D eigenvalue weighted by molar-refractivity contribution is 5.97. The number of fused-ring (bicyclic) bond motifs is 1. The Balaban J connectivity index is 1.36. The smallest absolute Gasteiger partial charge is 0.282 e. The van der Waals surface area contributed by atoms with E-state index in [1.54, 1.807) is 19.2 Å². The fraction of sp³-hybridized carbons (Fsp3) is 0.207. The molecule has 3 heterocycles. The molecule has 12 heteroatoms. The van der Waals surface area contributed by atoms with Gasteiger partial charge in [-0.25, -0.2) is 13.8 Å². The Labute approximate surface area is 233 Å². The number of ketones is 1.